The molecule has 27 heavy (non-hydrogen) atoms. The molecule has 0 aliphatic carbocycles. The summed E-state index contributed by atoms with van der Waals surface area (Å²) in [6, 6.07) is 21.0. The zero-order chi connectivity index (χ0) is 19.5. The van der Waals surface area contributed by atoms with E-state index in [-0.39, 0.29) is 17.4 Å². The van der Waals surface area contributed by atoms with E-state index in [2.05, 4.69) is 69.3 Å². The third-order valence-electron chi connectivity index (χ3n) is 5.33. The number of ether oxygens (including phenoxy) is 2. The summed E-state index contributed by atoms with van der Waals surface area (Å²) in [5.41, 5.74) is 0. The molecular formula is C22H30O4Si. The van der Waals surface area contributed by atoms with Crippen LogP contribution < -0.4 is 10.4 Å². The predicted octanol–water partition coefficient (Wildman–Crippen LogP) is 2.69. The second-order valence-corrected chi connectivity index (χ2v) is 12.4. The molecule has 1 fully saturated rings. The summed E-state index contributed by atoms with van der Waals surface area (Å²) < 4.78 is 17.9. The number of hydrogen-bond donors (Lipinski definition) is 1. The fourth-order valence-electron chi connectivity index (χ4n) is 3.96. The van der Waals surface area contributed by atoms with Crippen molar-refractivity contribution in [2.75, 3.05) is 13.7 Å². The van der Waals surface area contributed by atoms with Gasteiger partial charge in [0.15, 0.2) is 6.29 Å². The van der Waals surface area contributed by atoms with Crippen LogP contribution in [-0.4, -0.2) is 45.6 Å². The zero-order valence-electron chi connectivity index (χ0n) is 16.6. The van der Waals surface area contributed by atoms with E-state index in [1.54, 1.807) is 7.11 Å². The van der Waals surface area contributed by atoms with Crippen LogP contribution in [0.3, 0.4) is 0 Å². The van der Waals surface area contributed by atoms with E-state index in [1.165, 1.54) is 10.4 Å². The van der Waals surface area contributed by atoms with Crippen LogP contribution in [0.5, 0.6) is 0 Å². The minimum Gasteiger partial charge on any atom is -0.405 e. The molecule has 0 radical (unpaired) electrons. The molecule has 1 aliphatic heterocycles. The lowest BCUT2D eigenvalue weighted by atomic mass is 10.2. The number of benzene rings is 2. The molecule has 3 rings (SSSR count). The van der Waals surface area contributed by atoms with Crippen LogP contribution in [0.1, 0.15) is 27.2 Å². The Morgan fingerprint density at radius 3 is 1.93 bits per heavy atom. The number of methoxy groups -OCH3 is 1. The van der Waals surface area contributed by atoms with E-state index in [0.29, 0.717) is 13.0 Å². The summed E-state index contributed by atoms with van der Waals surface area (Å²) in [4.78, 5) is 0. The fraction of sp³-hybridized carbons (Fsp3) is 0.455. The van der Waals surface area contributed by atoms with Crippen LogP contribution in [0.2, 0.25) is 5.04 Å². The summed E-state index contributed by atoms with van der Waals surface area (Å²) in [6.07, 6.45) is -0.844. The van der Waals surface area contributed by atoms with E-state index in [0.717, 1.165) is 0 Å². The molecule has 2 aromatic rings. The normalized spacial score (nSPS) is 23.5. The van der Waals surface area contributed by atoms with Gasteiger partial charge in [0, 0.05) is 13.5 Å². The van der Waals surface area contributed by atoms with Gasteiger partial charge in [0.05, 0.1) is 12.7 Å². The molecule has 1 aliphatic rings. The second kappa shape index (κ2) is 8.25. The Balaban J connectivity index is 2.00. The summed E-state index contributed by atoms with van der Waals surface area (Å²) in [5, 5.41) is 12.7. The first kappa shape index (κ1) is 20.2. The zero-order valence-corrected chi connectivity index (χ0v) is 17.6. The second-order valence-electron chi connectivity index (χ2n) is 8.12. The van der Waals surface area contributed by atoms with Gasteiger partial charge in [-0.3, -0.25) is 0 Å². The van der Waals surface area contributed by atoms with E-state index in [4.69, 9.17) is 13.9 Å². The molecule has 5 heteroatoms. The van der Waals surface area contributed by atoms with Crippen LogP contribution in [0.4, 0.5) is 0 Å². The third-order valence-corrected chi connectivity index (χ3v) is 10.3. The number of aliphatic hydroxyl groups excluding tert-OH is 1. The number of hydrogen-bond acceptors (Lipinski definition) is 4. The average molecular weight is 387 g/mol. The summed E-state index contributed by atoms with van der Waals surface area (Å²) >= 11 is 0. The van der Waals surface area contributed by atoms with Crippen molar-refractivity contribution in [3.05, 3.63) is 60.7 Å². The van der Waals surface area contributed by atoms with Crippen molar-refractivity contribution in [2.24, 2.45) is 0 Å². The predicted molar refractivity (Wildman–Crippen MR) is 110 cm³/mol. The number of rotatable bonds is 6. The maximum atomic E-state index is 10.4. The highest BCUT2D eigenvalue weighted by atomic mass is 28.4. The SMILES string of the molecule is CO[C@@H]1CC(O)[C@@H](CO[Si](c2ccccc2)(c2ccccc2)C(C)(C)C)O1. The summed E-state index contributed by atoms with van der Waals surface area (Å²) in [6.45, 7) is 7.06. The van der Waals surface area contributed by atoms with Crippen LogP contribution in [-0.2, 0) is 13.9 Å². The van der Waals surface area contributed by atoms with Crippen molar-refractivity contribution in [3.63, 3.8) is 0 Å². The largest absolute Gasteiger partial charge is 0.405 e. The van der Waals surface area contributed by atoms with Crippen LogP contribution in [0, 0.1) is 0 Å². The van der Waals surface area contributed by atoms with Crippen LogP contribution >= 0.6 is 0 Å². The minimum atomic E-state index is -2.61. The lowest BCUT2D eigenvalue weighted by molar-refractivity contribution is -0.125. The molecule has 0 amide bonds. The van der Waals surface area contributed by atoms with Gasteiger partial charge in [0.25, 0.3) is 8.32 Å². The first-order valence-electron chi connectivity index (χ1n) is 9.50. The molecule has 2 aromatic carbocycles. The Bertz CT molecular complexity index is 675. The molecule has 0 spiro atoms. The summed E-state index contributed by atoms with van der Waals surface area (Å²) in [7, 11) is -1.01. The van der Waals surface area contributed by atoms with Gasteiger partial charge in [0.2, 0.25) is 0 Å². The molecule has 0 saturated carbocycles. The molecule has 4 nitrogen and oxygen atoms in total. The molecule has 3 atom stereocenters. The Kier molecular flexibility index (Phi) is 6.18. The molecule has 1 N–H and O–H groups in total. The topological polar surface area (TPSA) is 47.9 Å². The highest BCUT2D eigenvalue weighted by molar-refractivity contribution is 6.99. The first-order chi connectivity index (χ1) is 12.9. The van der Waals surface area contributed by atoms with Gasteiger partial charge >= 0.3 is 0 Å². The highest BCUT2D eigenvalue weighted by Crippen LogP contribution is 2.37. The molecule has 146 valence electrons. The van der Waals surface area contributed by atoms with Gasteiger partial charge in [-0.2, -0.15) is 0 Å². The van der Waals surface area contributed by atoms with Crippen molar-refractivity contribution < 1.29 is 19.0 Å². The van der Waals surface area contributed by atoms with Gasteiger partial charge in [-0.25, -0.2) is 0 Å². The lowest BCUT2D eigenvalue weighted by Gasteiger charge is -2.43. The van der Waals surface area contributed by atoms with Crippen LogP contribution in [0.15, 0.2) is 60.7 Å². The van der Waals surface area contributed by atoms with E-state index < -0.39 is 14.4 Å². The maximum absolute atomic E-state index is 10.4. The third kappa shape index (κ3) is 4.03. The van der Waals surface area contributed by atoms with Crippen molar-refractivity contribution in [3.8, 4) is 0 Å². The van der Waals surface area contributed by atoms with Gasteiger partial charge in [-0.1, -0.05) is 81.4 Å². The van der Waals surface area contributed by atoms with E-state index >= 15 is 0 Å². The Labute approximate surface area is 163 Å². The maximum Gasteiger partial charge on any atom is 0.261 e. The molecule has 1 saturated heterocycles. The average Bonchev–Trinajstić information content (AvgIpc) is 3.03. The Morgan fingerprint density at radius 1 is 1.00 bits per heavy atom. The van der Waals surface area contributed by atoms with Gasteiger partial charge < -0.3 is 19.0 Å². The molecule has 0 aromatic heterocycles. The van der Waals surface area contributed by atoms with E-state index in [1.807, 2.05) is 12.1 Å². The smallest absolute Gasteiger partial charge is 0.261 e. The van der Waals surface area contributed by atoms with Gasteiger partial charge in [0.1, 0.15) is 6.10 Å². The quantitative estimate of drug-likeness (QED) is 0.776. The minimum absolute atomic E-state index is 0.0973. The lowest BCUT2D eigenvalue weighted by Crippen LogP contribution is -2.67. The fourth-order valence-corrected chi connectivity index (χ4v) is 8.53. The Hall–Kier alpha value is -1.50. The molecule has 1 heterocycles. The molecule has 0 bridgehead atoms. The monoisotopic (exact) mass is 386 g/mol. The first-order valence-corrected chi connectivity index (χ1v) is 11.4. The van der Waals surface area contributed by atoms with Gasteiger partial charge in [-0.05, 0) is 15.4 Å². The number of aliphatic hydroxyl groups is 1. The van der Waals surface area contributed by atoms with Crippen molar-refractivity contribution in [1.29, 1.82) is 0 Å². The van der Waals surface area contributed by atoms with E-state index in [9.17, 15) is 5.11 Å². The van der Waals surface area contributed by atoms with Crippen molar-refractivity contribution in [2.45, 2.75) is 50.7 Å². The summed E-state index contributed by atoms with van der Waals surface area (Å²) in [5.74, 6) is 0. The molecular weight excluding hydrogens is 356 g/mol. The van der Waals surface area contributed by atoms with Crippen molar-refractivity contribution >= 4 is 18.7 Å². The Morgan fingerprint density at radius 2 is 1.52 bits per heavy atom. The standard InChI is InChI=1S/C22H30O4Si/c1-22(2,3)27(17-11-7-5-8-12-17,18-13-9-6-10-14-18)25-16-20-19(23)15-21(24-4)26-20/h5-14,19-21,23H,15-16H2,1-4H3/t19?,20-,21+/m1/s1. The van der Waals surface area contributed by atoms with Gasteiger partial charge in [-0.15, -0.1) is 0 Å². The van der Waals surface area contributed by atoms with Crippen LogP contribution in [0.25, 0.3) is 0 Å². The molecule has 1 unspecified atom stereocenters. The highest BCUT2D eigenvalue weighted by Gasteiger charge is 2.51. The van der Waals surface area contributed by atoms with Crippen molar-refractivity contribution in [1.82, 2.24) is 0 Å².